The van der Waals surface area contributed by atoms with Crippen molar-refractivity contribution in [1.82, 2.24) is 14.9 Å². The van der Waals surface area contributed by atoms with Gasteiger partial charge in [0.25, 0.3) is 0 Å². The zero-order chi connectivity index (χ0) is 18.4. The molecule has 1 aromatic carbocycles. The van der Waals surface area contributed by atoms with Gasteiger partial charge in [-0.25, -0.2) is 9.78 Å². The van der Waals surface area contributed by atoms with E-state index in [1.165, 1.54) is 0 Å². The van der Waals surface area contributed by atoms with Gasteiger partial charge in [0.05, 0.1) is 11.1 Å². The molecule has 0 aliphatic carbocycles. The first-order valence-corrected chi connectivity index (χ1v) is 9.25. The molecule has 2 amide bonds. The molecule has 0 spiro atoms. The molecule has 0 bridgehead atoms. The van der Waals surface area contributed by atoms with Gasteiger partial charge in [-0.3, -0.25) is 0 Å². The standard InChI is InChI=1S/C17H21BrN6O2/c18-14-11-20-16(23-15(14)19-6-9-25)21-12-4-3-5-13(10-12)22-17(26)24-7-1-2-8-24/h3-5,10-11,25H,1-2,6-9H2,(H,22,26)(H2,19,20,21,23). The van der Waals surface area contributed by atoms with Gasteiger partial charge in [-0.1, -0.05) is 6.07 Å². The van der Waals surface area contributed by atoms with Crippen molar-refractivity contribution in [2.45, 2.75) is 12.8 Å². The van der Waals surface area contributed by atoms with Crippen LogP contribution in [0.25, 0.3) is 0 Å². The summed E-state index contributed by atoms with van der Waals surface area (Å²) in [6.45, 7) is 2.02. The van der Waals surface area contributed by atoms with Gasteiger partial charge in [0.2, 0.25) is 5.95 Å². The van der Waals surface area contributed by atoms with Gasteiger partial charge in [0.15, 0.2) is 0 Å². The number of benzene rings is 1. The second-order valence-electron chi connectivity index (χ2n) is 5.87. The molecule has 2 heterocycles. The predicted octanol–water partition coefficient (Wildman–Crippen LogP) is 3.01. The van der Waals surface area contributed by atoms with E-state index >= 15 is 0 Å². The lowest BCUT2D eigenvalue weighted by Crippen LogP contribution is -2.32. The molecule has 1 fully saturated rings. The Morgan fingerprint density at radius 1 is 1.27 bits per heavy atom. The molecule has 9 heteroatoms. The molecule has 1 saturated heterocycles. The molecule has 0 unspecified atom stereocenters. The summed E-state index contributed by atoms with van der Waals surface area (Å²) in [5, 5.41) is 18.0. The van der Waals surface area contributed by atoms with E-state index in [1.807, 2.05) is 29.2 Å². The Bertz CT molecular complexity index is 767. The van der Waals surface area contributed by atoms with Crippen LogP contribution >= 0.6 is 15.9 Å². The fraction of sp³-hybridized carbons (Fsp3) is 0.353. The summed E-state index contributed by atoms with van der Waals surface area (Å²) in [4.78, 5) is 22.6. The van der Waals surface area contributed by atoms with Crippen LogP contribution in [0.1, 0.15) is 12.8 Å². The second-order valence-corrected chi connectivity index (χ2v) is 6.72. The summed E-state index contributed by atoms with van der Waals surface area (Å²) >= 11 is 3.37. The number of amides is 2. The lowest BCUT2D eigenvalue weighted by atomic mass is 10.3. The highest BCUT2D eigenvalue weighted by molar-refractivity contribution is 9.10. The molecule has 0 radical (unpaired) electrons. The fourth-order valence-corrected chi connectivity index (χ4v) is 2.98. The zero-order valence-corrected chi connectivity index (χ0v) is 15.8. The first-order valence-electron chi connectivity index (χ1n) is 8.46. The molecule has 8 nitrogen and oxygen atoms in total. The lowest BCUT2D eigenvalue weighted by Gasteiger charge is -2.16. The van der Waals surface area contributed by atoms with Crippen LogP contribution in [0.15, 0.2) is 34.9 Å². The summed E-state index contributed by atoms with van der Waals surface area (Å²) < 4.78 is 0.711. The van der Waals surface area contributed by atoms with Crippen LogP contribution in [-0.2, 0) is 0 Å². The number of likely N-dealkylation sites (tertiary alicyclic amines) is 1. The van der Waals surface area contributed by atoms with Crippen molar-refractivity contribution in [3.05, 3.63) is 34.9 Å². The third-order valence-corrected chi connectivity index (χ3v) is 4.49. The van der Waals surface area contributed by atoms with Crippen molar-refractivity contribution in [2.24, 2.45) is 0 Å². The molecule has 2 aromatic rings. The van der Waals surface area contributed by atoms with Gasteiger partial charge in [0, 0.05) is 37.2 Å². The normalized spacial score (nSPS) is 13.5. The quantitative estimate of drug-likeness (QED) is 0.572. The Labute approximate surface area is 160 Å². The highest BCUT2D eigenvalue weighted by atomic mass is 79.9. The van der Waals surface area contributed by atoms with Crippen LogP contribution in [0.4, 0.5) is 27.9 Å². The maximum absolute atomic E-state index is 12.2. The highest BCUT2D eigenvalue weighted by Crippen LogP contribution is 2.23. The maximum atomic E-state index is 12.2. The molecule has 1 aliphatic rings. The molecule has 1 aromatic heterocycles. The number of anilines is 4. The van der Waals surface area contributed by atoms with E-state index in [9.17, 15) is 4.79 Å². The Morgan fingerprint density at radius 2 is 2.04 bits per heavy atom. The molecule has 26 heavy (non-hydrogen) atoms. The van der Waals surface area contributed by atoms with Crippen LogP contribution in [0.2, 0.25) is 0 Å². The van der Waals surface area contributed by atoms with Crippen molar-refractivity contribution in [3.63, 3.8) is 0 Å². The maximum Gasteiger partial charge on any atom is 0.321 e. The number of aliphatic hydroxyl groups is 1. The minimum atomic E-state index is -0.0740. The third kappa shape index (κ3) is 4.83. The number of nitrogens with zero attached hydrogens (tertiary/aromatic N) is 3. The highest BCUT2D eigenvalue weighted by Gasteiger charge is 2.17. The van der Waals surface area contributed by atoms with E-state index in [4.69, 9.17) is 5.11 Å². The monoisotopic (exact) mass is 420 g/mol. The summed E-state index contributed by atoms with van der Waals surface area (Å²) in [5.41, 5.74) is 1.47. The molecule has 4 N–H and O–H groups in total. The topological polar surface area (TPSA) is 102 Å². The van der Waals surface area contributed by atoms with Crippen LogP contribution in [-0.4, -0.2) is 52.2 Å². The third-order valence-electron chi connectivity index (χ3n) is 3.91. The van der Waals surface area contributed by atoms with Crippen molar-refractivity contribution in [1.29, 1.82) is 0 Å². The van der Waals surface area contributed by atoms with Crippen LogP contribution in [0, 0.1) is 0 Å². The smallest absolute Gasteiger partial charge is 0.321 e. The van der Waals surface area contributed by atoms with Crippen molar-refractivity contribution < 1.29 is 9.90 Å². The van der Waals surface area contributed by atoms with Crippen LogP contribution < -0.4 is 16.0 Å². The average molecular weight is 421 g/mol. The number of hydrogen-bond donors (Lipinski definition) is 4. The largest absolute Gasteiger partial charge is 0.395 e. The predicted molar refractivity (Wildman–Crippen MR) is 105 cm³/mol. The second kappa shape index (κ2) is 8.81. The molecule has 1 aliphatic heterocycles. The summed E-state index contributed by atoms with van der Waals surface area (Å²) in [6, 6.07) is 7.33. The first-order chi connectivity index (χ1) is 12.7. The number of aliphatic hydroxyl groups excluding tert-OH is 1. The molecular weight excluding hydrogens is 400 g/mol. The van der Waals surface area contributed by atoms with Crippen molar-refractivity contribution >= 4 is 45.1 Å². The van der Waals surface area contributed by atoms with E-state index in [1.54, 1.807) is 6.20 Å². The molecule has 3 rings (SSSR count). The number of nitrogens with one attached hydrogen (secondary N) is 3. The van der Waals surface area contributed by atoms with E-state index in [0.717, 1.165) is 31.6 Å². The number of urea groups is 1. The zero-order valence-electron chi connectivity index (χ0n) is 14.2. The van der Waals surface area contributed by atoms with Crippen molar-refractivity contribution in [2.75, 3.05) is 42.2 Å². The summed E-state index contributed by atoms with van der Waals surface area (Å²) in [6.07, 6.45) is 3.75. The van der Waals surface area contributed by atoms with Crippen LogP contribution in [0.5, 0.6) is 0 Å². The van der Waals surface area contributed by atoms with Crippen molar-refractivity contribution in [3.8, 4) is 0 Å². The van der Waals surface area contributed by atoms with E-state index < -0.39 is 0 Å². The fourth-order valence-electron chi connectivity index (χ4n) is 2.65. The molecular formula is C17H21BrN6O2. The number of aromatic nitrogens is 2. The van der Waals surface area contributed by atoms with E-state index in [2.05, 4.69) is 41.8 Å². The van der Waals surface area contributed by atoms with Gasteiger partial charge in [-0.15, -0.1) is 0 Å². The number of hydrogen-bond acceptors (Lipinski definition) is 6. The van der Waals surface area contributed by atoms with Gasteiger partial charge in [-0.2, -0.15) is 4.98 Å². The van der Waals surface area contributed by atoms with Gasteiger partial charge in [0.1, 0.15) is 5.82 Å². The summed E-state index contributed by atoms with van der Waals surface area (Å²) in [5.74, 6) is 1.01. The lowest BCUT2D eigenvalue weighted by molar-refractivity contribution is 0.222. The molecule has 0 saturated carbocycles. The van der Waals surface area contributed by atoms with E-state index in [-0.39, 0.29) is 12.6 Å². The minimum absolute atomic E-state index is 0.0119. The Balaban J connectivity index is 1.67. The molecule has 138 valence electrons. The number of halogens is 1. The average Bonchev–Trinajstić information content (AvgIpc) is 3.17. The van der Waals surface area contributed by atoms with Crippen LogP contribution in [0.3, 0.4) is 0 Å². The van der Waals surface area contributed by atoms with Gasteiger partial charge in [-0.05, 0) is 47.0 Å². The Kier molecular flexibility index (Phi) is 6.24. The summed E-state index contributed by atoms with van der Waals surface area (Å²) in [7, 11) is 0. The Morgan fingerprint density at radius 3 is 2.81 bits per heavy atom. The SMILES string of the molecule is O=C(Nc1cccc(Nc2ncc(Br)c(NCCO)n2)c1)N1CCCC1. The number of carbonyl (C=O) groups is 1. The van der Waals surface area contributed by atoms with E-state index in [0.29, 0.717) is 28.5 Å². The number of rotatable bonds is 6. The Hall–Kier alpha value is -2.39. The minimum Gasteiger partial charge on any atom is -0.395 e. The first kappa shape index (κ1) is 18.4. The number of carbonyl (C=O) groups excluding carboxylic acids is 1. The van der Waals surface area contributed by atoms with Gasteiger partial charge < -0.3 is 26.0 Å². The van der Waals surface area contributed by atoms with Gasteiger partial charge >= 0.3 is 6.03 Å². The molecule has 0 atom stereocenters.